The molecule has 0 fully saturated rings. The largest absolute Gasteiger partial charge is 0.490 e. The Morgan fingerprint density at radius 3 is 2.08 bits per heavy atom. The standard InChI is InChI=1S/C12H8N2.C2HF3O2.CH4O.Cu.Pd/c1-3-9-5-6-11-10(4-2-7-13-11)12(9)14-8-1;3-2(4,5)1(6)7;1-2;;/h1-8H;(H,6,7);2H,1H3;;. The monoisotopic (exact) mass is 495 g/mol. The van der Waals surface area contributed by atoms with E-state index in [0.717, 1.165) is 28.9 Å². The third-order valence-corrected chi connectivity index (χ3v) is 2.60. The molecule has 25 heavy (non-hydrogen) atoms. The summed E-state index contributed by atoms with van der Waals surface area (Å²) in [6.07, 6.45) is -1.47. The van der Waals surface area contributed by atoms with Crippen molar-refractivity contribution in [2.45, 2.75) is 6.18 Å². The molecular formula is C15H13CuF3N2O3Pd. The number of halogens is 3. The average Bonchev–Trinajstić information content (AvgIpc) is 2.56. The summed E-state index contributed by atoms with van der Waals surface area (Å²) in [5, 5.41) is 16.4. The molecule has 143 valence electrons. The Labute approximate surface area is 165 Å². The van der Waals surface area contributed by atoms with Crippen LogP contribution in [0.4, 0.5) is 13.2 Å². The number of aliphatic hydroxyl groups excluding tert-OH is 1. The zero-order valence-corrected chi connectivity index (χ0v) is 15.1. The zero-order valence-electron chi connectivity index (χ0n) is 12.6. The Bertz CT molecular complexity index is 749. The number of aliphatic carboxylic acids is 1. The molecule has 0 bridgehead atoms. The maximum atomic E-state index is 10.6. The van der Waals surface area contributed by atoms with Crippen LogP contribution in [0.5, 0.6) is 0 Å². The van der Waals surface area contributed by atoms with Gasteiger partial charge < -0.3 is 10.2 Å². The van der Waals surface area contributed by atoms with Gasteiger partial charge in [-0.1, -0.05) is 12.1 Å². The number of aromatic nitrogens is 2. The Morgan fingerprint density at radius 2 is 1.52 bits per heavy atom. The fourth-order valence-corrected chi connectivity index (χ4v) is 1.70. The summed E-state index contributed by atoms with van der Waals surface area (Å²) >= 11 is 0. The number of carboxylic acid groups (broad SMARTS) is 1. The van der Waals surface area contributed by atoms with Gasteiger partial charge >= 0.3 is 12.1 Å². The molecule has 2 heterocycles. The summed E-state index contributed by atoms with van der Waals surface area (Å²) in [6, 6.07) is 12.1. The summed E-state index contributed by atoms with van der Waals surface area (Å²) in [5.41, 5.74) is 2.02. The molecule has 0 aliphatic rings. The van der Waals surface area contributed by atoms with Crippen molar-refractivity contribution in [2.24, 2.45) is 0 Å². The summed E-state index contributed by atoms with van der Waals surface area (Å²) in [7, 11) is 1.00. The van der Waals surface area contributed by atoms with Crippen LogP contribution in [0.2, 0.25) is 0 Å². The summed E-state index contributed by atoms with van der Waals surface area (Å²) in [5.74, 6) is -2.76. The number of aliphatic hydroxyl groups is 1. The molecule has 1 aromatic carbocycles. The number of hydrogen-bond acceptors (Lipinski definition) is 4. The van der Waals surface area contributed by atoms with E-state index < -0.39 is 12.1 Å². The predicted molar refractivity (Wildman–Crippen MR) is 78.9 cm³/mol. The van der Waals surface area contributed by atoms with Crippen molar-refractivity contribution in [3.8, 4) is 0 Å². The van der Waals surface area contributed by atoms with Gasteiger partial charge in [0, 0.05) is 67.8 Å². The van der Waals surface area contributed by atoms with Gasteiger partial charge in [0.1, 0.15) is 0 Å². The van der Waals surface area contributed by atoms with Crippen molar-refractivity contribution in [1.29, 1.82) is 0 Å². The van der Waals surface area contributed by atoms with Crippen molar-refractivity contribution in [3.05, 3.63) is 48.8 Å². The van der Waals surface area contributed by atoms with E-state index in [0.29, 0.717) is 0 Å². The van der Waals surface area contributed by atoms with Crippen LogP contribution in [0.15, 0.2) is 48.8 Å². The van der Waals surface area contributed by atoms with Gasteiger partial charge in [-0.2, -0.15) is 13.2 Å². The number of pyridine rings is 2. The molecule has 1 radical (unpaired) electrons. The molecule has 0 amide bonds. The van der Waals surface area contributed by atoms with Crippen LogP contribution in [0.25, 0.3) is 21.8 Å². The number of hydrogen-bond donors (Lipinski definition) is 2. The molecule has 0 unspecified atom stereocenters. The molecule has 3 rings (SSSR count). The van der Waals surface area contributed by atoms with Crippen molar-refractivity contribution >= 4 is 27.8 Å². The van der Waals surface area contributed by atoms with Crippen LogP contribution >= 0.6 is 0 Å². The van der Waals surface area contributed by atoms with E-state index in [9.17, 15) is 13.2 Å². The molecule has 0 aliphatic heterocycles. The Hall–Kier alpha value is -1.56. The summed E-state index contributed by atoms with van der Waals surface area (Å²) in [4.78, 5) is 17.6. The van der Waals surface area contributed by atoms with E-state index in [-0.39, 0.29) is 37.5 Å². The number of benzene rings is 1. The Kier molecular flexibility index (Phi) is 12.2. The van der Waals surface area contributed by atoms with E-state index in [1.165, 1.54) is 0 Å². The van der Waals surface area contributed by atoms with Gasteiger partial charge in [-0.3, -0.25) is 9.97 Å². The first-order valence-corrected chi connectivity index (χ1v) is 6.23. The Balaban J connectivity index is 0. The molecule has 0 atom stereocenters. The minimum absolute atomic E-state index is 0. The predicted octanol–water partition coefficient (Wildman–Crippen LogP) is 3.02. The fourth-order valence-electron chi connectivity index (χ4n) is 1.70. The molecule has 3 aromatic rings. The zero-order chi connectivity index (χ0) is 17.5. The number of fused-ring (bicyclic) bond motifs is 3. The third-order valence-electron chi connectivity index (χ3n) is 2.60. The average molecular weight is 496 g/mol. The molecule has 2 N–H and O–H groups in total. The normalized spacial score (nSPS) is 9.48. The van der Waals surface area contributed by atoms with Crippen molar-refractivity contribution < 1.29 is 65.7 Å². The van der Waals surface area contributed by atoms with Crippen molar-refractivity contribution in [1.82, 2.24) is 9.97 Å². The van der Waals surface area contributed by atoms with Crippen LogP contribution in [-0.2, 0) is 42.3 Å². The van der Waals surface area contributed by atoms with E-state index >= 15 is 0 Å². The molecule has 5 nitrogen and oxygen atoms in total. The molecule has 0 saturated carbocycles. The van der Waals surface area contributed by atoms with Gasteiger partial charge in [-0.15, -0.1) is 0 Å². The van der Waals surface area contributed by atoms with Crippen LogP contribution in [-0.4, -0.2) is 39.4 Å². The molecule has 0 aliphatic carbocycles. The first-order chi connectivity index (χ1) is 10.9. The van der Waals surface area contributed by atoms with Gasteiger partial charge in [0.05, 0.1) is 11.0 Å². The summed E-state index contributed by atoms with van der Waals surface area (Å²) < 4.78 is 31.7. The minimum Gasteiger partial charge on any atom is -0.475 e. The maximum Gasteiger partial charge on any atom is 0.490 e. The second-order valence-electron chi connectivity index (χ2n) is 4.01. The number of alkyl halides is 3. The first kappa shape index (κ1) is 25.7. The van der Waals surface area contributed by atoms with Crippen LogP contribution in [0, 0.1) is 0 Å². The molecule has 10 heteroatoms. The van der Waals surface area contributed by atoms with Crippen LogP contribution in [0.1, 0.15) is 0 Å². The van der Waals surface area contributed by atoms with Crippen molar-refractivity contribution in [3.63, 3.8) is 0 Å². The van der Waals surface area contributed by atoms with Crippen LogP contribution < -0.4 is 0 Å². The van der Waals surface area contributed by atoms with E-state index in [4.69, 9.17) is 15.0 Å². The molecular weight excluding hydrogens is 483 g/mol. The minimum atomic E-state index is -5.08. The van der Waals surface area contributed by atoms with Gasteiger partial charge in [-0.25, -0.2) is 4.79 Å². The molecule has 2 aromatic heterocycles. The third kappa shape index (κ3) is 7.47. The van der Waals surface area contributed by atoms with E-state index in [1.807, 2.05) is 24.4 Å². The maximum absolute atomic E-state index is 10.6. The second kappa shape index (κ2) is 11.9. The molecule has 0 saturated heterocycles. The van der Waals surface area contributed by atoms with Crippen LogP contribution in [0.3, 0.4) is 0 Å². The number of carboxylic acids is 1. The van der Waals surface area contributed by atoms with Gasteiger partial charge in [0.15, 0.2) is 0 Å². The first-order valence-electron chi connectivity index (χ1n) is 6.23. The SMILES string of the molecule is CO.O=C(O)C(F)(F)F.[Cu].[Pd].c1cnc2c(c1)ccc1ncccc12. The van der Waals surface area contributed by atoms with E-state index in [2.05, 4.69) is 28.2 Å². The number of rotatable bonds is 0. The van der Waals surface area contributed by atoms with Gasteiger partial charge in [-0.05, 0) is 24.3 Å². The second-order valence-corrected chi connectivity index (χ2v) is 4.01. The van der Waals surface area contributed by atoms with Gasteiger partial charge in [0.2, 0.25) is 0 Å². The number of carbonyl (C=O) groups is 1. The van der Waals surface area contributed by atoms with Gasteiger partial charge in [0.25, 0.3) is 0 Å². The quantitative estimate of drug-likeness (QED) is 0.370. The number of nitrogens with zero attached hydrogens (tertiary/aromatic N) is 2. The molecule has 0 spiro atoms. The van der Waals surface area contributed by atoms with Crippen molar-refractivity contribution in [2.75, 3.05) is 7.11 Å². The van der Waals surface area contributed by atoms with E-state index in [1.54, 1.807) is 6.20 Å². The summed E-state index contributed by atoms with van der Waals surface area (Å²) in [6.45, 7) is 0. The smallest absolute Gasteiger partial charge is 0.475 e. The topological polar surface area (TPSA) is 83.3 Å². The Morgan fingerprint density at radius 1 is 1.00 bits per heavy atom. The fraction of sp³-hybridized carbons (Fsp3) is 0.133.